The van der Waals surface area contributed by atoms with Crippen LogP contribution in [-0.2, 0) is 6.42 Å². The van der Waals surface area contributed by atoms with Crippen LogP contribution in [0, 0.1) is 11.7 Å². The molecular formula is C23H23ClFN5O. The molecule has 1 fully saturated rings. The smallest absolute Gasteiger partial charge is 0.257 e. The second-order valence-corrected chi connectivity index (χ2v) is 8.21. The van der Waals surface area contributed by atoms with E-state index < -0.39 is 5.82 Å². The molecule has 0 unspecified atom stereocenters. The zero-order valence-corrected chi connectivity index (χ0v) is 18.0. The third kappa shape index (κ3) is 4.71. The van der Waals surface area contributed by atoms with Crippen molar-refractivity contribution in [2.75, 3.05) is 6.54 Å². The summed E-state index contributed by atoms with van der Waals surface area (Å²) in [5.74, 6) is 0.413. The first kappa shape index (κ1) is 21.3. The predicted octanol–water partition coefficient (Wildman–Crippen LogP) is 4.60. The number of carbonyl (C=O) groups is 1. The van der Waals surface area contributed by atoms with Crippen molar-refractivity contribution >= 4 is 17.5 Å². The van der Waals surface area contributed by atoms with E-state index in [4.69, 9.17) is 11.6 Å². The lowest BCUT2D eigenvalue weighted by atomic mass is 9.87. The van der Waals surface area contributed by atoms with E-state index in [1.54, 1.807) is 47.9 Å². The number of carbonyl (C=O) groups excluding carboxylic acids is 1. The standard InChI is InChI=1S/C23H23ClFN5O/c1-15-5-3-12-30(19(15)8-9-20-28-13-16(24)14-29-20)23(31)21-17(6-2-7-18(21)25)22-26-10-4-11-27-22/h2,4,6-7,10-11,13-15,19H,3,5,8-9,12H2,1H3/t15-,19-/m1/s1. The molecule has 0 radical (unpaired) electrons. The zero-order valence-electron chi connectivity index (χ0n) is 17.2. The van der Waals surface area contributed by atoms with Crippen LogP contribution in [-0.4, -0.2) is 43.3 Å². The van der Waals surface area contributed by atoms with E-state index in [9.17, 15) is 9.18 Å². The average molecular weight is 440 g/mol. The maximum atomic E-state index is 14.9. The van der Waals surface area contributed by atoms with Crippen LogP contribution in [0.3, 0.4) is 0 Å². The van der Waals surface area contributed by atoms with Crippen molar-refractivity contribution in [3.63, 3.8) is 0 Å². The number of nitrogens with zero attached hydrogens (tertiary/aromatic N) is 5. The summed E-state index contributed by atoms with van der Waals surface area (Å²) in [6.45, 7) is 2.72. The number of amides is 1. The van der Waals surface area contributed by atoms with Crippen LogP contribution in [0.4, 0.5) is 4.39 Å². The third-order valence-corrected chi connectivity index (χ3v) is 5.94. The van der Waals surface area contributed by atoms with Gasteiger partial charge in [-0.15, -0.1) is 0 Å². The Bertz CT molecular complexity index is 1050. The van der Waals surface area contributed by atoms with Gasteiger partial charge >= 0.3 is 0 Å². The highest BCUT2D eigenvalue weighted by molar-refractivity contribution is 6.30. The Labute approximate surface area is 185 Å². The first-order chi connectivity index (χ1) is 15.0. The molecule has 0 spiro atoms. The fourth-order valence-electron chi connectivity index (χ4n) is 4.20. The number of aryl methyl sites for hydroxylation is 1. The van der Waals surface area contributed by atoms with Gasteiger partial charge in [0.25, 0.3) is 5.91 Å². The van der Waals surface area contributed by atoms with E-state index in [-0.39, 0.29) is 23.4 Å². The van der Waals surface area contributed by atoms with Crippen LogP contribution in [0.15, 0.2) is 49.1 Å². The molecule has 8 heteroatoms. The molecule has 6 nitrogen and oxygen atoms in total. The average Bonchev–Trinajstić information content (AvgIpc) is 2.79. The molecule has 160 valence electrons. The Morgan fingerprint density at radius 1 is 1.16 bits per heavy atom. The van der Waals surface area contributed by atoms with Crippen molar-refractivity contribution < 1.29 is 9.18 Å². The van der Waals surface area contributed by atoms with Crippen LogP contribution in [0.5, 0.6) is 0 Å². The molecule has 2 aromatic heterocycles. The molecule has 3 heterocycles. The normalized spacial score (nSPS) is 18.7. The molecule has 1 aliphatic heterocycles. The molecule has 31 heavy (non-hydrogen) atoms. The lowest BCUT2D eigenvalue weighted by Gasteiger charge is -2.40. The van der Waals surface area contributed by atoms with Crippen LogP contribution in [0.2, 0.25) is 5.02 Å². The second-order valence-electron chi connectivity index (χ2n) is 7.78. The van der Waals surface area contributed by atoms with E-state index in [0.717, 1.165) is 12.8 Å². The summed E-state index contributed by atoms with van der Waals surface area (Å²) in [6.07, 6.45) is 9.51. The van der Waals surface area contributed by atoms with Gasteiger partial charge in [0.15, 0.2) is 5.82 Å². The number of likely N-dealkylation sites (tertiary alicyclic amines) is 1. The summed E-state index contributed by atoms with van der Waals surface area (Å²) >= 11 is 5.87. The number of piperidine rings is 1. The summed E-state index contributed by atoms with van der Waals surface area (Å²) < 4.78 is 14.9. The molecule has 1 amide bonds. The number of hydrogen-bond acceptors (Lipinski definition) is 5. The van der Waals surface area contributed by atoms with Crippen molar-refractivity contribution in [1.82, 2.24) is 24.8 Å². The maximum absolute atomic E-state index is 14.9. The van der Waals surface area contributed by atoms with Gasteiger partial charge in [0, 0.05) is 49.4 Å². The first-order valence-electron chi connectivity index (χ1n) is 10.4. The zero-order chi connectivity index (χ0) is 21.8. The number of hydrogen-bond donors (Lipinski definition) is 0. The van der Waals surface area contributed by atoms with Gasteiger partial charge in [0.1, 0.15) is 11.6 Å². The van der Waals surface area contributed by atoms with Gasteiger partial charge in [0.2, 0.25) is 0 Å². The Kier molecular flexibility index (Phi) is 6.51. The Morgan fingerprint density at radius 3 is 2.65 bits per heavy atom. The molecule has 1 saturated heterocycles. The summed E-state index contributed by atoms with van der Waals surface area (Å²) in [6, 6.07) is 6.22. The number of aromatic nitrogens is 4. The summed E-state index contributed by atoms with van der Waals surface area (Å²) in [7, 11) is 0. The second kappa shape index (κ2) is 9.47. The summed E-state index contributed by atoms with van der Waals surface area (Å²) in [5.41, 5.74) is 0.430. The monoisotopic (exact) mass is 439 g/mol. The molecule has 0 saturated carbocycles. The van der Waals surface area contributed by atoms with E-state index in [2.05, 4.69) is 26.9 Å². The van der Waals surface area contributed by atoms with Gasteiger partial charge in [-0.3, -0.25) is 4.79 Å². The lowest BCUT2D eigenvalue weighted by Crippen LogP contribution is -2.48. The largest absolute Gasteiger partial charge is 0.335 e. The molecule has 0 aliphatic carbocycles. The number of benzene rings is 1. The minimum absolute atomic E-state index is 0.0237. The fourth-order valence-corrected chi connectivity index (χ4v) is 4.29. The van der Waals surface area contributed by atoms with E-state index in [1.165, 1.54) is 6.07 Å². The third-order valence-electron chi connectivity index (χ3n) is 5.75. The molecule has 3 aromatic rings. The Morgan fingerprint density at radius 2 is 1.90 bits per heavy atom. The fraction of sp³-hybridized carbons (Fsp3) is 0.348. The highest BCUT2D eigenvalue weighted by atomic mass is 35.5. The van der Waals surface area contributed by atoms with Crippen molar-refractivity contribution in [1.29, 1.82) is 0 Å². The topological polar surface area (TPSA) is 71.9 Å². The van der Waals surface area contributed by atoms with E-state index in [1.807, 2.05) is 0 Å². The molecule has 0 bridgehead atoms. The van der Waals surface area contributed by atoms with Crippen LogP contribution in [0.1, 0.15) is 42.4 Å². The molecule has 1 aliphatic rings. The molecule has 2 atom stereocenters. The molecular weight excluding hydrogens is 417 g/mol. The minimum atomic E-state index is -0.562. The van der Waals surface area contributed by atoms with E-state index in [0.29, 0.717) is 41.6 Å². The van der Waals surface area contributed by atoms with Gasteiger partial charge in [-0.05, 0) is 37.3 Å². The van der Waals surface area contributed by atoms with Crippen molar-refractivity contribution in [2.24, 2.45) is 5.92 Å². The number of rotatable bonds is 5. The van der Waals surface area contributed by atoms with Gasteiger partial charge in [-0.1, -0.05) is 30.7 Å². The molecule has 0 N–H and O–H groups in total. The molecule has 1 aromatic carbocycles. The predicted molar refractivity (Wildman–Crippen MR) is 116 cm³/mol. The summed E-state index contributed by atoms with van der Waals surface area (Å²) in [4.78, 5) is 32.4. The van der Waals surface area contributed by atoms with E-state index >= 15 is 0 Å². The molecule has 4 rings (SSSR count). The van der Waals surface area contributed by atoms with Crippen LogP contribution < -0.4 is 0 Å². The van der Waals surface area contributed by atoms with Crippen LogP contribution >= 0.6 is 11.6 Å². The van der Waals surface area contributed by atoms with Crippen LogP contribution in [0.25, 0.3) is 11.4 Å². The van der Waals surface area contributed by atoms with Gasteiger partial charge in [-0.25, -0.2) is 24.3 Å². The Balaban J connectivity index is 1.62. The number of halogens is 2. The van der Waals surface area contributed by atoms with Gasteiger partial charge in [0.05, 0.1) is 10.6 Å². The highest BCUT2D eigenvalue weighted by Gasteiger charge is 2.34. The highest BCUT2D eigenvalue weighted by Crippen LogP contribution is 2.31. The lowest BCUT2D eigenvalue weighted by molar-refractivity contribution is 0.0494. The van der Waals surface area contributed by atoms with Crippen molar-refractivity contribution in [3.05, 3.63) is 71.3 Å². The minimum Gasteiger partial charge on any atom is -0.335 e. The quantitative estimate of drug-likeness (QED) is 0.581. The SMILES string of the molecule is C[C@@H]1CCCN(C(=O)c2c(F)cccc2-c2ncccn2)[C@@H]1CCc1ncc(Cl)cn1. The van der Waals surface area contributed by atoms with Gasteiger partial charge < -0.3 is 4.90 Å². The maximum Gasteiger partial charge on any atom is 0.257 e. The Hall–Kier alpha value is -2.93. The first-order valence-corrected chi connectivity index (χ1v) is 10.8. The van der Waals surface area contributed by atoms with Gasteiger partial charge in [-0.2, -0.15) is 0 Å². The van der Waals surface area contributed by atoms with Crippen molar-refractivity contribution in [3.8, 4) is 11.4 Å². The van der Waals surface area contributed by atoms with Crippen molar-refractivity contribution in [2.45, 2.75) is 38.6 Å². The summed E-state index contributed by atoms with van der Waals surface area (Å²) in [5, 5.41) is 0.488.